The van der Waals surface area contributed by atoms with Gasteiger partial charge in [-0.25, -0.2) is 8.78 Å². The van der Waals surface area contributed by atoms with Crippen LogP contribution in [-0.2, 0) is 4.74 Å². The van der Waals surface area contributed by atoms with E-state index in [1.807, 2.05) is 0 Å². The minimum atomic E-state index is -0.630. The lowest BCUT2D eigenvalue weighted by Crippen LogP contribution is -2.43. The lowest BCUT2D eigenvalue weighted by Gasteiger charge is -2.31. The van der Waals surface area contributed by atoms with Gasteiger partial charge in [0.25, 0.3) is 0 Å². The monoisotopic (exact) mass is 339 g/mol. The first-order valence-electron chi connectivity index (χ1n) is 7.33. The van der Waals surface area contributed by atoms with Crippen molar-refractivity contribution in [2.75, 3.05) is 19.7 Å². The smallest absolute Gasteiger partial charge is 0.166 e. The molecular weight excluding hydrogens is 324 g/mol. The molecule has 1 N–H and O–H groups in total. The van der Waals surface area contributed by atoms with Gasteiger partial charge in [-0.15, -0.1) is 0 Å². The number of benzene rings is 2. The van der Waals surface area contributed by atoms with Crippen LogP contribution >= 0.6 is 11.6 Å². The molecule has 3 rings (SSSR count). The van der Waals surface area contributed by atoms with Crippen molar-refractivity contribution < 1.29 is 18.3 Å². The molecule has 6 heteroatoms. The Bertz CT molecular complexity index is 677. The molecule has 0 saturated carbocycles. The third-order valence-electron chi connectivity index (χ3n) is 3.62. The van der Waals surface area contributed by atoms with Crippen LogP contribution in [0.15, 0.2) is 42.5 Å². The SMILES string of the molecule is Fc1cccc([C@H](Oc2ccc(Cl)cc2F)C2CNCCO2)c1. The Morgan fingerprint density at radius 1 is 1.22 bits per heavy atom. The van der Waals surface area contributed by atoms with E-state index in [1.165, 1.54) is 24.3 Å². The molecule has 1 unspecified atom stereocenters. The van der Waals surface area contributed by atoms with Crippen LogP contribution in [0.5, 0.6) is 5.75 Å². The zero-order chi connectivity index (χ0) is 16.2. The molecule has 0 aromatic heterocycles. The summed E-state index contributed by atoms with van der Waals surface area (Å²) in [6.07, 6.45) is -0.977. The van der Waals surface area contributed by atoms with Crippen molar-refractivity contribution in [3.63, 3.8) is 0 Å². The first kappa shape index (κ1) is 16.2. The Morgan fingerprint density at radius 3 is 2.78 bits per heavy atom. The zero-order valence-corrected chi connectivity index (χ0v) is 13.0. The van der Waals surface area contributed by atoms with Gasteiger partial charge in [0, 0.05) is 18.1 Å². The van der Waals surface area contributed by atoms with Crippen LogP contribution in [-0.4, -0.2) is 25.8 Å². The van der Waals surface area contributed by atoms with E-state index in [-0.39, 0.29) is 22.7 Å². The van der Waals surface area contributed by atoms with Gasteiger partial charge in [0.15, 0.2) is 17.7 Å². The summed E-state index contributed by atoms with van der Waals surface area (Å²) >= 11 is 5.76. The van der Waals surface area contributed by atoms with Crippen LogP contribution in [0.3, 0.4) is 0 Å². The van der Waals surface area contributed by atoms with Crippen molar-refractivity contribution in [1.82, 2.24) is 5.32 Å². The van der Waals surface area contributed by atoms with Crippen molar-refractivity contribution in [2.45, 2.75) is 12.2 Å². The summed E-state index contributed by atoms with van der Waals surface area (Å²) < 4.78 is 39.1. The molecule has 0 spiro atoms. The lowest BCUT2D eigenvalue weighted by molar-refractivity contribution is -0.0443. The molecule has 122 valence electrons. The molecular formula is C17H16ClF2NO2. The van der Waals surface area contributed by atoms with Gasteiger partial charge in [-0.05, 0) is 35.9 Å². The molecule has 0 bridgehead atoms. The molecule has 1 heterocycles. The summed E-state index contributed by atoms with van der Waals surface area (Å²) in [6, 6.07) is 10.2. The Labute approximate surface area is 138 Å². The minimum absolute atomic E-state index is 0.0536. The quantitative estimate of drug-likeness (QED) is 0.920. The van der Waals surface area contributed by atoms with Crippen LogP contribution in [0.1, 0.15) is 11.7 Å². The summed E-state index contributed by atoms with van der Waals surface area (Å²) in [6.45, 7) is 1.79. The molecule has 3 nitrogen and oxygen atoms in total. The first-order valence-corrected chi connectivity index (χ1v) is 7.71. The second kappa shape index (κ2) is 7.25. The van der Waals surface area contributed by atoms with E-state index in [4.69, 9.17) is 21.1 Å². The molecule has 1 aliphatic rings. The number of ether oxygens (including phenoxy) is 2. The lowest BCUT2D eigenvalue weighted by atomic mass is 10.0. The molecule has 1 aliphatic heterocycles. The number of rotatable bonds is 4. The third-order valence-corrected chi connectivity index (χ3v) is 3.85. The normalized spacial score (nSPS) is 19.3. The van der Waals surface area contributed by atoms with E-state index in [1.54, 1.807) is 18.2 Å². The maximum absolute atomic E-state index is 14.0. The zero-order valence-electron chi connectivity index (χ0n) is 12.3. The van der Waals surface area contributed by atoms with Gasteiger partial charge in [-0.3, -0.25) is 0 Å². The Hall–Kier alpha value is -1.69. The first-order chi connectivity index (χ1) is 11.1. The molecule has 2 aromatic rings. The Balaban J connectivity index is 1.91. The van der Waals surface area contributed by atoms with E-state index in [9.17, 15) is 8.78 Å². The van der Waals surface area contributed by atoms with E-state index in [0.717, 1.165) is 6.54 Å². The van der Waals surface area contributed by atoms with E-state index in [2.05, 4.69) is 5.32 Å². The molecule has 0 amide bonds. The largest absolute Gasteiger partial charge is 0.480 e. The summed E-state index contributed by atoms with van der Waals surface area (Å²) in [5.74, 6) is -0.892. The third kappa shape index (κ3) is 3.99. The maximum atomic E-state index is 14.0. The fourth-order valence-corrected chi connectivity index (χ4v) is 2.69. The van der Waals surface area contributed by atoms with Gasteiger partial charge in [0.1, 0.15) is 11.9 Å². The highest BCUT2D eigenvalue weighted by Crippen LogP contribution is 2.30. The summed E-state index contributed by atoms with van der Waals surface area (Å²) in [4.78, 5) is 0. The molecule has 1 saturated heterocycles. The maximum Gasteiger partial charge on any atom is 0.166 e. The van der Waals surface area contributed by atoms with Gasteiger partial charge in [0.2, 0.25) is 0 Å². The van der Waals surface area contributed by atoms with Crippen LogP contribution in [0, 0.1) is 11.6 Å². The van der Waals surface area contributed by atoms with Gasteiger partial charge < -0.3 is 14.8 Å². The van der Waals surface area contributed by atoms with Crippen LogP contribution in [0.25, 0.3) is 0 Å². The highest BCUT2D eigenvalue weighted by Gasteiger charge is 2.29. The van der Waals surface area contributed by atoms with Crippen molar-refractivity contribution in [3.05, 3.63) is 64.7 Å². The highest BCUT2D eigenvalue weighted by molar-refractivity contribution is 6.30. The summed E-state index contributed by atoms with van der Waals surface area (Å²) in [5, 5.41) is 3.48. The molecule has 1 fully saturated rings. The molecule has 2 aromatic carbocycles. The van der Waals surface area contributed by atoms with Gasteiger partial charge in [0.05, 0.1) is 6.61 Å². The summed E-state index contributed by atoms with van der Waals surface area (Å²) in [7, 11) is 0. The van der Waals surface area contributed by atoms with Crippen LogP contribution in [0.4, 0.5) is 8.78 Å². The number of morpholine rings is 1. The number of hydrogen-bond donors (Lipinski definition) is 1. The average molecular weight is 340 g/mol. The topological polar surface area (TPSA) is 30.5 Å². The van der Waals surface area contributed by atoms with Crippen molar-refractivity contribution in [1.29, 1.82) is 0 Å². The standard InChI is InChI=1S/C17H16ClF2NO2/c18-12-4-5-15(14(20)9-12)23-17(16-10-21-6-7-22-16)11-2-1-3-13(19)8-11/h1-5,8-9,16-17,21H,6-7,10H2/t16?,17-/m0/s1. The van der Waals surface area contributed by atoms with E-state index < -0.39 is 11.9 Å². The molecule has 0 aliphatic carbocycles. The Kier molecular flexibility index (Phi) is 5.10. The van der Waals surface area contributed by atoms with E-state index >= 15 is 0 Å². The highest BCUT2D eigenvalue weighted by atomic mass is 35.5. The number of nitrogens with one attached hydrogen (secondary N) is 1. The molecule has 0 radical (unpaired) electrons. The minimum Gasteiger partial charge on any atom is -0.480 e. The van der Waals surface area contributed by atoms with Gasteiger partial charge in [-0.1, -0.05) is 23.7 Å². The molecule has 23 heavy (non-hydrogen) atoms. The van der Waals surface area contributed by atoms with Gasteiger partial charge in [-0.2, -0.15) is 0 Å². The van der Waals surface area contributed by atoms with Gasteiger partial charge >= 0.3 is 0 Å². The average Bonchev–Trinajstić information content (AvgIpc) is 2.55. The van der Waals surface area contributed by atoms with Crippen molar-refractivity contribution in [2.24, 2.45) is 0 Å². The van der Waals surface area contributed by atoms with Crippen molar-refractivity contribution >= 4 is 11.6 Å². The summed E-state index contributed by atoms with van der Waals surface area (Å²) in [5.41, 5.74) is 0.591. The second-order valence-electron chi connectivity index (χ2n) is 5.28. The van der Waals surface area contributed by atoms with E-state index in [0.29, 0.717) is 18.7 Å². The number of hydrogen-bond acceptors (Lipinski definition) is 3. The predicted molar refractivity (Wildman–Crippen MR) is 83.8 cm³/mol. The van der Waals surface area contributed by atoms with Crippen LogP contribution < -0.4 is 10.1 Å². The van der Waals surface area contributed by atoms with Crippen LogP contribution in [0.2, 0.25) is 5.02 Å². The number of halogens is 3. The molecule has 2 atom stereocenters. The Morgan fingerprint density at radius 2 is 2.09 bits per heavy atom. The van der Waals surface area contributed by atoms with Crippen molar-refractivity contribution in [3.8, 4) is 5.75 Å². The second-order valence-corrected chi connectivity index (χ2v) is 5.72. The fraction of sp³-hybridized carbons (Fsp3) is 0.294. The predicted octanol–water partition coefficient (Wildman–Crippen LogP) is 3.73. The fourth-order valence-electron chi connectivity index (χ4n) is 2.53.